The van der Waals surface area contributed by atoms with Gasteiger partial charge in [-0.05, 0) is 135 Å². The zero-order valence-corrected chi connectivity index (χ0v) is 45.0. The number of thiocarbonyl (C=S) groups is 1. The first-order valence-corrected chi connectivity index (χ1v) is 23.3. The minimum Gasteiger partial charge on any atom is -0.753 e. The van der Waals surface area contributed by atoms with Gasteiger partial charge in [-0.15, -0.1) is 5.70 Å². The predicted molar refractivity (Wildman–Crippen MR) is 294 cm³/mol. The van der Waals surface area contributed by atoms with Crippen molar-refractivity contribution >= 4 is 77.4 Å². The van der Waals surface area contributed by atoms with Crippen LogP contribution in [0.5, 0.6) is 5.75 Å². The maximum atomic E-state index is 12.8. The smallest absolute Gasteiger partial charge is 0.753 e. The molecule has 0 fully saturated rings. The van der Waals surface area contributed by atoms with Crippen molar-refractivity contribution in [1.29, 1.82) is 5.41 Å². The van der Waals surface area contributed by atoms with E-state index in [-0.39, 0.29) is 41.8 Å². The molecule has 0 aliphatic rings. The van der Waals surface area contributed by atoms with E-state index in [0.29, 0.717) is 53.8 Å². The summed E-state index contributed by atoms with van der Waals surface area (Å²) in [6, 6.07) is 38.4. The number of carbonyl (C=O) groups is 3. The number of halogens is 3. The molecule has 0 saturated heterocycles. The average molecular weight is 1150 g/mol. The Morgan fingerprint density at radius 1 is 0.623 bits per heavy atom. The summed E-state index contributed by atoms with van der Waals surface area (Å²) in [6.07, 6.45) is 5.92. The summed E-state index contributed by atoms with van der Waals surface area (Å²) in [6.45, 7) is 14.1. The molecule has 0 spiro atoms. The zero-order valence-electron chi connectivity index (χ0n) is 42.4. The van der Waals surface area contributed by atoms with Gasteiger partial charge in [0.05, 0.1) is 35.3 Å². The number of ether oxygens (including phenoxy) is 3. The van der Waals surface area contributed by atoms with E-state index in [1.165, 1.54) is 35.0 Å². The van der Waals surface area contributed by atoms with Gasteiger partial charge in [0.1, 0.15) is 11.5 Å². The van der Waals surface area contributed by atoms with E-state index < -0.39 is 17.6 Å². The third kappa shape index (κ3) is 18.0. The van der Waals surface area contributed by atoms with E-state index in [1.807, 2.05) is 24.3 Å². The van der Waals surface area contributed by atoms with E-state index in [9.17, 15) is 27.6 Å². The molecule has 0 aliphatic heterocycles. The zero-order chi connectivity index (χ0) is 55.5. The molecule has 3 aromatic carbocycles. The fraction of sp³-hybridized carbons (Fsp3) is 0.155. The molecule has 4 heterocycles. The number of nitrogens with zero attached hydrogens (tertiary/aromatic N) is 6. The quantitative estimate of drug-likeness (QED) is 0.0316. The van der Waals surface area contributed by atoms with Crippen molar-refractivity contribution in [3.63, 3.8) is 0 Å². The van der Waals surface area contributed by atoms with Gasteiger partial charge in [-0.25, -0.2) is 4.98 Å². The number of benzene rings is 3. The largest absolute Gasteiger partial charge is 2.00 e. The third-order valence-electron chi connectivity index (χ3n) is 10.9. The van der Waals surface area contributed by atoms with Crippen LogP contribution < -0.4 is 9.64 Å². The number of hydrogen-bond donors (Lipinski definition) is 1. The van der Waals surface area contributed by atoms with Gasteiger partial charge < -0.3 is 30.3 Å². The van der Waals surface area contributed by atoms with Crippen molar-refractivity contribution in [2.75, 3.05) is 4.90 Å². The molecule has 0 radical (unpaired) electrons. The first-order chi connectivity index (χ1) is 36.2. The number of carbonyl (C=O) groups excluding carboxylic acids is 3. The van der Waals surface area contributed by atoms with Crippen LogP contribution in [0.1, 0.15) is 69.5 Å². The summed E-state index contributed by atoms with van der Waals surface area (Å²) in [5, 5.41) is 15.6. The van der Waals surface area contributed by atoms with Gasteiger partial charge in [-0.1, -0.05) is 90.2 Å². The van der Waals surface area contributed by atoms with Crippen LogP contribution in [-0.4, -0.2) is 56.4 Å². The second-order valence-corrected chi connectivity index (χ2v) is 18.5. The van der Waals surface area contributed by atoms with Crippen molar-refractivity contribution in [3.05, 3.63) is 198 Å². The number of anilines is 3. The van der Waals surface area contributed by atoms with Gasteiger partial charge in [0, 0.05) is 53.5 Å². The molecular formula is C58H51F3N8O6RuS. The maximum absolute atomic E-state index is 12.8. The fourth-order valence-corrected chi connectivity index (χ4v) is 7.10. The van der Waals surface area contributed by atoms with Gasteiger partial charge in [-0.2, -0.15) is 18.3 Å². The molecule has 7 rings (SSSR count). The second-order valence-electron chi connectivity index (χ2n) is 18.3. The van der Waals surface area contributed by atoms with Crippen molar-refractivity contribution in [2.24, 2.45) is 0 Å². The molecule has 14 nitrogen and oxygen atoms in total. The van der Waals surface area contributed by atoms with E-state index in [0.717, 1.165) is 33.8 Å². The first kappa shape index (κ1) is 60.9. The van der Waals surface area contributed by atoms with Gasteiger partial charge in [0.2, 0.25) is 0 Å². The number of isothiocyanates is 1. The van der Waals surface area contributed by atoms with Crippen LogP contribution in [-0.2, 0) is 54.2 Å². The number of allylic oxidation sites excluding steroid dienone is 1. The van der Waals surface area contributed by atoms with Gasteiger partial charge in [-0.3, -0.25) is 34.7 Å². The molecule has 0 atom stereocenters. The molecule has 7 aromatic rings. The first-order valence-electron chi connectivity index (χ1n) is 22.9. The number of hydrogen-bond acceptors (Lipinski definition) is 13. The molecule has 0 saturated carbocycles. The number of alkyl halides is 3. The van der Waals surface area contributed by atoms with Crippen LogP contribution in [0.4, 0.5) is 30.2 Å². The van der Waals surface area contributed by atoms with Gasteiger partial charge in [0.15, 0.2) is 0 Å². The fourth-order valence-electron chi connectivity index (χ4n) is 7.10. The molecule has 19 heteroatoms. The van der Waals surface area contributed by atoms with Crippen LogP contribution in [0, 0.1) is 5.41 Å². The Hall–Kier alpha value is -8.63. The molecule has 0 aliphatic carbocycles. The molecule has 0 amide bonds. The maximum Gasteiger partial charge on any atom is 2.00 e. The van der Waals surface area contributed by atoms with E-state index in [2.05, 4.69) is 137 Å². The average Bonchev–Trinajstić information content (AvgIpc) is 3.40. The van der Waals surface area contributed by atoms with E-state index in [1.54, 1.807) is 73.1 Å². The van der Waals surface area contributed by atoms with Crippen molar-refractivity contribution < 1.29 is 61.2 Å². The summed E-state index contributed by atoms with van der Waals surface area (Å²) in [5.74, 6) is 0.258. The summed E-state index contributed by atoms with van der Waals surface area (Å²) >= 11 is 3.70. The molecule has 0 bridgehead atoms. The van der Waals surface area contributed by atoms with Crippen LogP contribution in [0.3, 0.4) is 0 Å². The van der Waals surface area contributed by atoms with Crippen molar-refractivity contribution in [3.8, 4) is 39.7 Å². The minimum atomic E-state index is -4.81. The summed E-state index contributed by atoms with van der Waals surface area (Å²) < 4.78 is 52.5. The molecular weight excluding hydrogens is 1090 g/mol. The minimum absolute atomic E-state index is 0. The van der Waals surface area contributed by atoms with Gasteiger partial charge in [0.25, 0.3) is 19.4 Å². The van der Waals surface area contributed by atoms with Crippen LogP contribution >= 0.6 is 12.2 Å². The Morgan fingerprint density at radius 2 is 1.05 bits per heavy atom. The molecule has 394 valence electrons. The number of pyridine rings is 4. The summed E-state index contributed by atoms with van der Waals surface area (Å²) in [7, 11) is 0. The number of aromatic nitrogens is 4. The standard InChI is InChI=1S/C35H36F3N4.C22H15N3O6.CNS.Ru/c1-33(2,3)25-9-15-28(16-10-25)42(29-17-11-26(12-18-29)34(4,5)6)27-13-7-23(8-14-27)24-19-20-41-31(21-24)30(39)22-32(40)35(36,37)38;26-13-29-7-3-16-1-5-23-19(9-16)21-11-18(31-15-28)12-22(25-21)20-10-17(2-6-24-20)4-8-30-14-27;2-1-3;/h7-22,39-40H,1-6H3;1-15H;;/q-1;;-1;+2/b30-22-,40-32?;7-3+,8-4+;;. The monoisotopic (exact) mass is 1150 g/mol. The summed E-state index contributed by atoms with van der Waals surface area (Å²) in [5.41, 5.74) is 16.4. The molecule has 0 unspecified atom stereocenters. The SMILES string of the molecule is CC(C)(C)c1ccc(N(c2ccc(-c3ccnc(/C([NH-])=C/C(=N)C(F)(F)F)c3)cc2)c2ccc(C(C)(C)C)cc2)cc1.O=CO/C=C/c1ccnc(-c2cc(OC=O)cc(-c3cc(/C=C/OC=O)ccn3)n2)c1.[N-]=C=S.[Ru+2]. The number of rotatable bonds is 16. The van der Waals surface area contributed by atoms with Crippen LogP contribution in [0.2, 0.25) is 0 Å². The van der Waals surface area contributed by atoms with Crippen LogP contribution in [0.25, 0.3) is 62.9 Å². The molecule has 4 aromatic heterocycles. The van der Waals surface area contributed by atoms with E-state index >= 15 is 0 Å². The molecule has 77 heavy (non-hydrogen) atoms. The molecule has 2 N–H and O–H groups in total. The Bertz CT molecular complexity index is 3120. The van der Waals surface area contributed by atoms with E-state index in [4.69, 9.17) is 21.3 Å². The number of nitrogens with one attached hydrogen (secondary N) is 2. The van der Waals surface area contributed by atoms with Gasteiger partial charge >= 0.3 is 25.7 Å². The Morgan fingerprint density at radius 3 is 1.45 bits per heavy atom. The summed E-state index contributed by atoms with van der Waals surface area (Å²) in [4.78, 5) is 50.9. The third-order valence-corrected chi connectivity index (χ3v) is 10.9. The normalized spacial score (nSPS) is 11.4. The Balaban J connectivity index is 0.000000325. The second kappa shape index (κ2) is 28.3. The Labute approximate surface area is 462 Å². The van der Waals surface area contributed by atoms with Crippen LogP contribution in [0.15, 0.2) is 159 Å². The topological polar surface area (TPSA) is 204 Å². The van der Waals surface area contributed by atoms with Crippen molar-refractivity contribution in [2.45, 2.75) is 58.5 Å². The predicted octanol–water partition coefficient (Wildman–Crippen LogP) is 14.5. The van der Waals surface area contributed by atoms with Crippen molar-refractivity contribution in [1.82, 2.24) is 19.9 Å². The Kier molecular flexibility index (Phi) is 22.4.